The number of aliphatic hydroxyl groups is 1. The Bertz CT molecular complexity index is 1170. The van der Waals surface area contributed by atoms with Crippen LogP contribution in [0.15, 0.2) is 97.1 Å². The van der Waals surface area contributed by atoms with Crippen molar-refractivity contribution in [2.45, 2.75) is 18.7 Å². The highest BCUT2D eigenvalue weighted by atomic mass is 16.5. The predicted molar refractivity (Wildman–Crippen MR) is 136 cm³/mol. The van der Waals surface area contributed by atoms with Gasteiger partial charge in [-0.05, 0) is 30.2 Å². The minimum atomic E-state index is -1.07. The van der Waals surface area contributed by atoms with Crippen molar-refractivity contribution in [1.29, 1.82) is 0 Å². The van der Waals surface area contributed by atoms with Crippen LogP contribution in [0, 0.1) is 0 Å². The van der Waals surface area contributed by atoms with Gasteiger partial charge in [0.05, 0.1) is 11.6 Å². The Morgan fingerprint density at radius 2 is 1.38 bits per heavy atom. The lowest BCUT2D eigenvalue weighted by atomic mass is 9.96. The smallest absolute Gasteiger partial charge is 0.213 e. The third-order valence-corrected chi connectivity index (χ3v) is 6.66. The molecular weight excluding hydrogens is 422 g/mol. The number of para-hydroxylation sites is 1. The van der Waals surface area contributed by atoms with E-state index in [-0.39, 0.29) is 12.6 Å². The van der Waals surface area contributed by atoms with E-state index in [1.54, 1.807) is 0 Å². The first kappa shape index (κ1) is 22.5. The molecule has 0 amide bonds. The van der Waals surface area contributed by atoms with Gasteiger partial charge in [-0.25, -0.2) is 4.98 Å². The van der Waals surface area contributed by atoms with Gasteiger partial charge in [-0.1, -0.05) is 78.9 Å². The second kappa shape index (κ2) is 9.94. The van der Waals surface area contributed by atoms with Gasteiger partial charge in [0.2, 0.25) is 5.88 Å². The van der Waals surface area contributed by atoms with Crippen LogP contribution in [0.25, 0.3) is 10.9 Å². The van der Waals surface area contributed by atoms with Gasteiger partial charge in [-0.3, -0.25) is 9.80 Å². The van der Waals surface area contributed by atoms with Crippen molar-refractivity contribution in [3.63, 3.8) is 0 Å². The molecule has 0 aliphatic carbocycles. The molecule has 5 heteroatoms. The van der Waals surface area contributed by atoms with Crippen molar-refractivity contribution in [2.75, 3.05) is 32.8 Å². The Labute approximate surface area is 201 Å². The van der Waals surface area contributed by atoms with Crippen LogP contribution in [0.5, 0.6) is 5.88 Å². The van der Waals surface area contributed by atoms with Gasteiger partial charge in [0.15, 0.2) is 0 Å². The fourth-order valence-electron chi connectivity index (χ4n) is 4.78. The first-order valence-electron chi connectivity index (χ1n) is 11.9. The van der Waals surface area contributed by atoms with Crippen molar-refractivity contribution in [1.82, 2.24) is 14.8 Å². The standard InChI is InChI=1S/C29H31N3O2/c1-29(33,22-34-27-17-16-23-10-8-9-15-26(23)30-27)32-20-18-31(19-21-32)28(24-11-4-2-5-12-24)25-13-6-3-7-14-25/h2-17,28,33H,18-22H2,1H3. The van der Waals surface area contributed by atoms with Crippen LogP contribution < -0.4 is 4.74 Å². The number of pyridine rings is 1. The summed E-state index contributed by atoms with van der Waals surface area (Å²) in [5, 5.41) is 12.3. The summed E-state index contributed by atoms with van der Waals surface area (Å²) in [5.41, 5.74) is 2.40. The zero-order valence-electron chi connectivity index (χ0n) is 19.5. The van der Waals surface area contributed by atoms with Crippen molar-refractivity contribution in [3.8, 4) is 5.88 Å². The quantitative estimate of drug-likeness (QED) is 0.438. The molecule has 2 heterocycles. The maximum atomic E-state index is 11.2. The van der Waals surface area contributed by atoms with Crippen molar-refractivity contribution in [3.05, 3.63) is 108 Å². The molecule has 0 saturated carbocycles. The van der Waals surface area contributed by atoms with Crippen LogP contribution in [0.4, 0.5) is 0 Å². The van der Waals surface area contributed by atoms with Crippen LogP contribution in [-0.4, -0.2) is 58.4 Å². The zero-order valence-corrected chi connectivity index (χ0v) is 19.5. The summed E-state index contributed by atoms with van der Waals surface area (Å²) in [7, 11) is 0. The molecule has 1 saturated heterocycles. The molecule has 1 aliphatic heterocycles. The summed E-state index contributed by atoms with van der Waals surface area (Å²) in [5.74, 6) is 0.533. The molecule has 1 N–H and O–H groups in total. The SMILES string of the molecule is CC(O)(COc1ccc2ccccc2n1)N1CCN(C(c2ccccc2)c2ccccc2)CC1. The van der Waals surface area contributed by atoms with E-state index in [0.29, 0.717) is 5.88 Å². The van der Waals surface area contributed by atoms with Crippen molar-refractivity contribution >= 4 is 10.9 Å². The molecule has 1 unspecified atom stereocenters. The number of hydrogen-bond donors (Lipinski definition) is 1. The lowest BCUT2D eigenvalue weighted by molar-refractivity contribution is -0.134. The lowest BCUT2D eigenvalue weighted by Gasteiger charge is -2.44. The summed E-state index contributed by atoms with van der Waals surface area (Å²) in [6, 6.07) is 33.3. The highest BCUT2D eigenvalue weighted by Gasteiger charge is 2.35. The number of nitrogens with zero attached hydrogens (tertiary/aromatic N) is 3. The van der Waals surface area contributed by atoms with Crippen molar-refractivity contribution in [2.24, 2.45) is 0 Å². The number of ether oxygens (including phenoxy) is 1. The maximum Gasteiger partial charge on any atom is 0.213 e. The Kier molecular flexibility index (Phi) is 6.59. The van der Waals surface area contributed by atoms with E-state index in [0.717, 1.165) is 37.1 Å². The van der Waals surface area contributed by atoms with Crippen LogP contribution in [-0.2, 0) is 0 Å². The van der Waals surface area contributed by atoms with Crippen molar-refractivity contribution < 1.29 is 9.84 Å². The molecule has 174 valence electrons. The fraction of sp³-hybridized carbons (Fsp3) is 0.276. The van der Waals surface area contributed by atoms with E-state index >= 15 is 0 Å². The van der Waals surface area contributed by atoms with Crippen LogP contribution in [0.3, 0.4) is 0 Å². The molecule has 3 aromatic carbocycles. The van der Waals surface area contributed by atoms with Gasteiger partial charge in [0.25, 0.3) is 0 Å². The molecule has 0 spiro atoms. The van der Waals surface area contributed by atoms with Gasteiger partial charge in [-0.15, -0.1) is 0 Å². The number of benzene rings is 3. The average Bonchev–Trinajstić information content (AvgIpc) is 2.89. The summed E-state index contributed by atoms with van der Waals surface area (Å²) in [6.45, 7) is 5.24. The topological polar surface area (TPSA) is 48.8 Å². The number of piperazine rings is 1. The predicted octanol–water partition coefficient (Wildman–Crippen LogP) is 4.73. The van der Waals surface area contributed by atoms with E-state index < -0.39 is 5.72 Å². The third-order valence-electron chi connectivity index (χ3n) is 6.66. The average molecular weight is 454 g/mol. The highest BCUT2D eigenvalue weighted by Crippen LogP contribution is 2.30. The lowest BCUT2D eigenvalue weighted by Crippen LogP contribution is -2.58. The van der Waals surface area contributed by atoms with Crippen LogP contribution in [0.1, 0.15) is 24.1 Å². The second-order valence-electron chi connectivity index (χ2n) is 9.09. The Morgan fingerprint density at radius 3 is 2.03 bits per heavy atom. The molecule has 0 bridgehead atoms. The molecule has 1 aromatic heterocycles. The zero-order chi connectivity index (χ0) is 23.4. The molecule has 5 rings (SSSR count). The van der Waals surface area contributed by atoms with Gasteiger partial charge in [0.1, 0.15) is 12.3 Å². The van der Waals surface area contributed by atoms with E-state index in [1.165, 1.54) is 11.1 Å². The molecule has 1 aliphatic rings. The van der Waals surface area contributed by atoms with Gasteiger partial charge >= 0.3 is 0 Å². The number of aromatic nitrogens is 1. The molecular formula is C29H31N3O2. The summed E-state index contributed by atoms with van der Waals surface area (Å²) in [4.78, 5) is 9.18. The maximum absolute atomic E-state index is 11.2. The summed E-state index contributed by atoms with van der Waals surface area (Å²) >= 11 is 0. The molecule has 1 fully saturated rings. The van der Waals surface area contributed by atoms with E-state index in [9.17, 15) is 5.11 Å². The third kappa shape index (κ3) is 4.97. The molecule has 4 aromatic rings. The Balaban J connectivity index is 1.24. The minimum absolute atomic E-state index is 0.166. The second-order valence-corrected chi connectivity index (χ2v) is 9.09. The first-order chi connectivity index (χ1) is 16.6. The monoisotopic (exact) mass is 453 g/mol. The van der Waals surface area contributed by atoms with E-state index in [1.807, 2.05) is 43.3 Å². The van der Waals surface area contributed by atoms with E-state index in [4.69, 9.17) is 4.74 Å². The first-order valence-corrected chi connectivity index (χ1v) is 11.9. The van der Waals surface area contributed by atoms with E-state index in [2.05, 4.69) is 75.4 Å². The molecule has 5 nitrogen and oxygen atoms in total. The number of fused-ring (bicyclic) bond motifs is 1. The normalized spacial score (nSPS) is 17.0. The van der Waals surface area contributed by atoms with Crippen LogP contribution in [0.2, 0.25) is 0 Å². The number of rotatable bonds is 7. The summed E-state index contributed by atoms with van der Waals surface area (Å²) in [6.07, 6.45) is 0. The van der Waals surface area contributed by atoms with Crippen LogP contribution >= 0.6 is 0 Å². The molecule has 34 heavy (non-hydrogen) atoms. The minimum Gasteiger partial charge on any atom is -0.473 e. The molecule has 1 atom stereocenters. The molecule has 0 radical (unpaired) electrons. The van der Waals surface area contributed by atoms with Gasteiger partial charge in [-0.2, -0.15) is 0 Å². The number of hydrogen-bond acceptors (Lipinski definition) is 5. The largest absolute Gasteiger partial charge is 0.473 e. The summed E-state index contributed by atoms with van der Waals surface area (Å²) < 4.78 is 5.93. The Hall–Kier alpha value is -3.25. The fourth-order valence-corrected chi connectivity index (χ4v) is 4.78. The van der Waals surface area contributed by atoms with Gasteiger partial charge in [0, 0.05) is 37.6 Å². The van der Waals surface area contributed by atoms with Gasteiger partial charge < -0.3 is 9.84 Å². The Morgan fingerprint density at radius 1 is 0.794 bits per heavy atom. The highest BCUT2D eigenvalue weighted by molar-refractivity contribution is 5.78.